The molecule has 0 saturated heterocycles. The van der Waals surface area contributed by atoms with Crippen LogP contribution in [0.3, 0.4) is 0 Å². The molecule has 0 aromatic carbocycles. The van der Waals surface area contributed by atoms with Gasteiger partial charge in [-0.1, -0.05) is 162 Å². The minimum absolute atomic E-state index is 0.139. The van der Waals surface area contributed by atoms with Crippen LogP contribution in [0, 0.1) is 0 Å². The largest absolute Gasteiger partial charge is 0.462 e. The third kappa shape index (κ3) is 38.9. The van der Waals surface area contributed by atoms with E-state index in [1.807, 2.05) is 54.7 Å². The molecule has 0 bridgehead atoms. The molecule has 0 radical (unpaired) electrons. The first-order chi connectivity index (χ1) is 26.0. The molecule has 1 unspecified atom stereocenters. The van der Waals surface area contributed by atoms with Crippen LogP contribution in [0.5, 0.6) is 0 Å². The van der Waals surface area contributed by atoms with Crippen LogP contribution < -0.4 is 0 Å². The van der Waals surface area contributed by atoms with Crippen LogP contribution in [0.4, 0.5) is 0 Å². The van der Waals surface area contributed by atoms with Crippen LogP contribution >= 0.6 is 0 Å². The minimum Gasteiger partial charge on any atom is -0.462 e. The fraction of sp³-hybridized carbons (Fsp3) is 0.511. The minimum atomic E-state index is -0.844. The predicted octanol–water partition coefficient (Wildman–Crippen LogP) is 12.6. The van der Waals surface area contributed by atoms with Crippen LogP contribution in [0.1, 0.15) is 136 Å². The van der Waals surface area contributed by atoms with E-state index in [1.54, 1.807) is 0 Å². The molecule has 0 aliphatic rings. The van der Waals surface area contributed by atoms with Gasteiger partial charge in [-0.3, -0.25) is 14.4 Å². The van der Waals surface area contributed by atoms with Gasteiger partial charge in [-0.25, -0.2) is 0 Å². The van der Waals surface area contributed by atoms with Crippen molar-refractivity contribution in [3.63, 3.8) is 0 Å². The van der Waals surface area contributed by atoms with Crippen LogP contribution in [0.15, 0.2) is 122 Å². The Morgan fingerprint density at radius 2 is 0.849 bits per heavy atom. The van der Waals surface area contributed by atoms with E-state index in [-0.39, 0.29) is 38.0 Å². The molecule has 1 atom stereocenters. The summed E-state index contributed by atoms with van der Waals surface area (Å²) in [4.78, 5) is 37.5. The number of hydrogen-bond donors (Lipinski definition) is 0. The standard InChI is InChI=1S/C47H70O6/c1-4-7-10-13-16-19-22-23-26-28-31-34-37-40-46(49)52-43-44(53-47(50)41-38-35-32-29-25-21-18-15-12-9-6-3)42-51-45(48)39-36-33-30-27-24-20-17-14-11-8-5-2/h7,9-10,12-14,16-24,26,28-29,31-32,44H,4-6,8,11,15,25,27,30,33-43H2,1-3H3/b10-7-,12-9-,16-13-,17-14-,21-18-,22-19-,24-20-,26-23-,31-28-,32-29-. The number of esters is 3. The van der Waals surface area contributed by atoms with E-state index in [0.717, 1.165) is 70.6 Å². The lowest BCUT2D eigenvalue weighted by atomic mass is 10.1. The molecule has 0 fully saturated rings. The molecule has 0 heterocycles. The summed E-state index contributed by atoms with van der Waals surface area (Å²) >= 11 is 0. The lowest BCUT2D eigenvalue weighted by Gasteiger charge is -2.18. The summed E-state index contributed by atoms with van der Waals surface area (Å²) in [5.41, 5.74) is 0. The maximum absolute atomic E-state index is 12.6. The zero-order valence-electron chi connectivity index (χ0n) is 33.2. The van der Waals surface area contributed by atoms with Crippen molar-refractivity contribution < 1.29 is 28.6 Å². The Labute approximate surface area is 322 Å². The molecule has 294 valence electrons. The SMILES string of the molecule is CC\C=C/C=C\C=C/C=C\C=C/CCCC(=O)OCC(COC(=O)CCCCC/C=C\C=C/CCCC)OC(=O)CCC/C=C\C/C=C\C/C=C\CC. The highest BCUT2D eigenvalue weighted by Crippen LogP contribution is 2.09. The van der Waals surface area contributed by atoms with Gasteiger partial charge in [0.25, 0.3) is 0 Å². The highest BCUT2D eigenvalue weighted by Gasteiger charge is 2.19. The molecule has 0 aliphatic carbocycles. The summed E-state index contributed by atoms with van der Waals surface area (Å²) in [6.07, 6.45) is 54.9. The van der Waals surface area contributed by atoms with E-state index >= 15 is 0 Å². The Morgan fingerprint density at radius 1 is 0.415 bits per heavy atom. The molecular formula is C47H70O6. The average molecular weight is 731 g/mol. The Bertz CT molecular complexity index is 1210. The molecule has 0 aromatic heterocycles. The van der Waals surface area contributed by atoms with Gasteiger partial charge in [-0.05, 0) is 77.0 Å². The monoisotopic (exact) mass is 731 g/mol. The third-order valence-corrected chi connectivity index (χ3v) is 7.59. The maximum Gasteiger partial charge on any atom is 0.306 e. The quantitative estimate of drug-likeness (QED) is 0.0220. The van der Waals surface area contributed by atoms with E-state index in [9.17, 15) is 14.4 Å². The summed E-state index contributed by atoms with van der Waals surface area (Å²) in [5, 5.41) is 0. The fourth-order valence-electron chi connectivity index (χ4n) is 4.59. The molecule has 0 saturated carbocycles. The number of carbonyl (C=O) groups is 3. The Kier molecular flexibility index (Phi) is 37.4. The summed E-state index contributed by atoms with van der Waals surface area (Å²) in [6, 6.07) is 0. The number of ether oxygens (including phenoxy) is 3. The summed E-state index contributed by atoms with van der Waals surface area (Å²) in [5.74, 6) is -1.12. The second-order valence-corrected chi connectivity index (χ2v) is 12.6. The zero-order valence-corrected chi connectivity index (χ0v) is 33.2. The molecule has 0 N–H and O–H groups in total. The van der Waals surface area contributed by atoms with Crippen LogP contribution in [0.2, 0.25) is 0 Å². The van der Waals surface area contributed by atoms with Gasteiger partial charge in [0.2, 0.25) is 0 Å². The highest BCUT2D eigenvalue weighted by molar-refractivity contribution is 5.71. The Hall–Kier alpha value is -4.19. The molecule has 0 amide bonds. The number of hydrogen-bond acceptors (Lipinski definition) is 6. The second kappa shape index (κ2) is 40.6. The molecule has 0 rings (SSSR count). The topological polar surface area (TPSA) is 78.9 Å². The number of unbranched alkanes of at least 4 members (excludes halogenated alkanes) is 7. The van der Waals surface area contributed by atoms with Crippen molar-refractivity contribution in [3.8, 4) is 0 Å². The van der Waals surface area contributed by atoms with Crippen molar-refractivity contribution in [1.29, 1.82) is 0 Å². The molecule has 0 spiro atoms. The summed E-state index contributed by atoms with van der Waals surface area (Å²) < 4.78 is 16.5. The van der Waals surface area contributed by atoms with Gasteiger partial charge in [0.1, 0.15) is 13.2 Å². The molecule has 0 aromatic rings. The lowest BCUT2D eigenvalue weighted by molar-refractivity contribution is -0.167. The molecule has 53 heavy (non-hydrogen) atoms. The van der Waals surface area contributed by atoms with Crippen molar-refractivity contribution in [1.82, 2.24) is 0 Å². The van der Waals surface area contributed by atoms with Crippen LogP contribution in [-0.2, 0) is 28.6 Å². The predicted molar refractivity (Wildman–Crippen MR) is 223 cm³/mol. The summed E-state index contributed by atoms with van der Waals surface area (Å²) in [7, 11) is 0. The van der Waals surface area contributed by atoms with E-state index in [1.165, 1.54) is 12.8 Å². The van der Waals surface area contributed by atoms with Crippen molar-refractivity contribution >= 4 is 17.9 Å². The van der Waals surface area contributed by atoms with Crippen LogP contribution in [-0.4, -0.2) is 37.2 Å². The second-order valence-electron chi connectivity index (χ2n) is 12.6. The third-order valence-electron chi connectivity index (χ3n) is 7.59. The smallest absolute Gasteiger partial charge is 0.306 e. The van der Waals surface area contributed by atoms with Crippen molar-refractivity contribution in [2.75, 3.05) is 13.2 Å². The molecule has 6 nitrogen and oxygen atoms in total. The number of allylic oxidation sites excluding steroid dienone is 20. The summed E-state index contributed by atoms with van der Waals surface area (Å²) in [6.45, 7) is 6.12. The first kappa shape index (κ1) is 48.8. The Morgan fingerprint density at radius 3 is 1.43 bits per heavy atom. The van der Waals surface area contributed by atoms with Crippen molar-refractivity contribution in [2.45, 2.75) is 142 Å². The van der Waals surface area contributed by atoms with Gasteiger partial charge in [0.15, 0.2) is 6.10 Å². The van der Waals surface area contributed by atoms with Gasteiger partial charge in [-0.15, -0.1) is 0 Å². The highest BCUT2D eigenvalue weighted by atomic mass is 16.6. The fourth-order valence-corrected chi connectivity index (χ4v) is 4.59. The average Bonchev–Trinajstić information content (AvgIpc) is 3.15. The molecule has 6 heteroatoms. The number of rotatable bonds is 33. The van der Waals surface area contributed by atoms with Crippen LogP contribution in [0.25, 0.3) is 0 Å². The maximum atomic E-state index is 12.6. The van der Waals surface area contributed by atoms with Crippen molar-refractivity contribution in [2.24, 2.45) is 0 Å². The van der Waals surface area contributed by atoms with Gasteiger partial charge in [0.05, 0.1) is 0 Å². The molecule has 0 aliphatic heterocycles. The van der Waals surface area contributed by atoms with Gasteiger partial charge in [-0.2, -0.15) is 0 Å². The van der Waals surface area contributed by atoms with E-state index < -0.39 is 12.1 Å². The first-order valence-corrected chi connectivity index (χ1v) is 20.1. The number of carbonyl (C=O) groups excluding carboxylic acids is 3. The lowest BCUT2D eigenvalue weighted by Crippen LogP contribution is -2.30. The van der Waals surface area contributed by atoms with Gasteiger partial charge < -0.3 is 14.2 Å². The van der Waals surface area contributed by atoms with Crippen molar-refractivity contribution in [3.05, 3.63) is 122 Å². The molecular weight excluding hydrogens is 661 g/mol. The zero-order chi connectivity index (χ0) is 38.7. The van der Waals surface area contributed by atoms with E-state index in [2.05, 4.69) is 87.6 Å². The van der Waals surface area contributed by atoms with Gasteiger partial charge >= 0.3 is 17.9 Å². The Balaban J connectivity index is 4.66. The first-order valence-electron chi connectivity index (χ1n) is 20.1. The van der Waals surface area contributed by atoms with E-state index in [0.29, 0.717) is 19.3 Å². The normalized spacial score (nSPS) is 13.3. The van der Waals surface area contributed by atoms with Gasteiger partial charge in [0, 0.05) is 19.3 Å². The van der Waals surface area contributed by atoms with E-state index in [4.69, 9.17) is 14.2 Å².